The lowest BCUT2D eigenvalue weighted by Crippen LogP contribution is -2.35. The third kappa shape index (κ3) is 3.32. The normalized spacial score (nSPS) is 23.6. The molecular weight excluding hydrogens is 240 g/mol. The van der Waals surface area contributed by atoms with E-state index in [1.165, 1.54) is 5.56 Å². The van der Waals surface area contributed by atoms with Crippen LogP contribution in [0.5, 0.6) is 0 Å². The molecule has 0 saturated carbocycles. The molecule has 1 aliphatic rings. The van der Waals surface area contributed by atoms with Crippen LogP contribution in [0.15, 0.2) is 24.5 Å². The van der Waals surface area contributed by atoms with E-state index in [-0.39, 0.29) is 0 Å². The zero-order valence-corrected chi connectivity index (χ0v) is 11.5. The molecule has 2 rings (SSSR count). The van der Waals surface area contributed by atoms with Gasteiger partial charge in [-0.25, -0.2) is 0 Å². The van der Waals surface area contributed by atoms with Crippen molar-refractivity contribution < 1.29 is 9.90 Å². The van der Waals surface area contributed by atoms with Gasteiger partial charge in [-0.3, -0.25) is 9.78 Å². The first-order valence-corrected chi connectivity index (χ1v) is 7.01. The van der Waals surface area contributed by atoms with Crippen molar-refractivity contribution in [3.05, 3.63) is 30.1 Å². The maximum absolute atomic E-state index is 11.5. The van der Waals surface area contributed by atoms with Crippen molar-refractivity contribution in [2.24, 2.45) is 5.41 Å². The number of hydrogen-bond acceptors (Lipinski definition) is 3. The van der Waals surface area contributed by atoms with E-state index < -0.39 is 11.4 Å². The van der Waals surface area contributed by atoms with Crippen LogP contribution in [-0.4, -0.2) is 40.6 Å². The molecule has 4 nitrogen and oxygen atoms in total. The molecule has 1 aliphatic heterocycles. The van der Waals surface area contributed by atoms with Crippen LogP contribution in [0.1, 0.15) is 31.7 Å². The van der Waals surface area contributed by atoms with Gasteiger partial charge in [0.2, 0.25) is 0 Å². The third-order valence-electron chi connectivity index (χ3n) is 4.05. The topological polar surface area (TPSA) is 53.4 Å². The van der Waals surface area contributed by atoms with Crippen LogP contribution in [0.2, 0.25) is 0 Å². The van der Waals surface area contributed by atoms with Gasteiger partial charge in [0.15, 0.2) is 0 Å². The van der Waals surface area contributed by atoms with Crippen LogP contribution >= 0.6 is 0 Å². The molecule has 1 atom stereocenters. The first kappa shape index (κ1) is 14.0. The van der Waals surface area contributed by atoms with Crippen molar-refractivity contribution in [3.8, 4) is 0 Å². The molecule has 0 radical (unpaired) electrons. The number of aromatic nitrogens is 1. The van der Waals surface area contributed by atoms with Gasteiger partial charge in [-0.1, -0.05) is 19.4 Å². The fourth-order valence-electron chi connectivity index (χ4n) is 2.95. The number of rotatable bonds is 6. The molecule has 2 heterocycles. The average Bonchev–Trinajstić information content (AvgIpc) is 2.83. The van der Waals surface area contributed by atoms with E-state index in [2.05, 4.69) is 22.9 Å². The van der Waals surface area contributed by atoms with Crippen molar-refractivity contribution in [2.45, 2.75) is 32.6 Å². The molecule has 1 N–H and O–H groups in total. The monoisotopic (exact) mass is 262 g/mol. The van der Waals surface area contributed by atoms with E-state index in [1.54, 1.807) is 6.20 Å². The minimum Gasteiger partial charge on any atom is -0.481 e. The number of nitrogens with zero attached hydrogens (tertiary/aromatic N) is 2. The smallest absolute Gasteiger partial charge is 0.310 e. The van der Waals surface area contributed by atoms with Crippen molar-refractivity contribution in [1.29, 1.82) is 0 Å². The fraction of sp³-hybridized carbons (Fsp3) is 0.600. The summed E-state index contributed by atoms with van der Waals surface area (Å²) in [5.41, 5.74) is 0.703. The molecule has 104 valence electrons. The SMILES string of the molecule is CCCC1(C(=O)O)CCN(CCc2cccnc2)C1. The van der Waals surface area contributed by atoms with Crippen molar-refractivity contribution in [2.75, 3.05) is 19.6 Å². The molecule has 0 bridgehead atoms. The van der Waals surface area contributed by atoms with Crippen molar-refractivity contribution >= 4 is 5.97 Å². The Balaban J connectivity index is 1.89. The van der Waals surface area contributed by atoms with Crippen LogP contribution in [0.3, 0.4) is 0 Å². The number of likely N-dealkylation sites (tertiary alicyclic amines) is 1. The third-order valence-corrected chi connectivity index (χ3v) is 4.05. The van der Waals surface area contributed by atoms with Gasteiger partial charge in [0.25, 0.3) is 0 Å². The van der Waals surface area contributed by atoms with Crippen molar-refractivity contribution in [3.63, 3.8) is 0 Å². The van der Waals surface area contributed by atoms with Crippen molar-refractivity contribution in [1.82, 2.24) is 9.88 Å². The number of carboxylic acid groups (broad SMARTS) is 1. The highest BCUT2D eigenvalue weighted by molar-refractivity contribution is 5.75. The lowest BCUT2D eigenvalue weighted by Gasteiger charge is -2.24. The predicted molar refractivity (Wildman–Crippen MR) is 74.0 cm³/mol. The van der Waals surface area contributed by atoms with Gasteiger partial charge < -0.3 is 10.0 Å². The van der Waals surface area contributed by atoms with E-state index in [0.29, 0.717) is 6.54 Å². The summed E-state index contributed by atoms with van der Waals surface area (Å²) in [6.07, 6.45) is 7.09. The molecule has 1 fully saturated rings. The highest BCUT2D eigenvalue weighted by Gasteiger charge is 2.43. The lowest BCUT2D eigenvalue weighted by atomic mass is 9.83. The molecule has 1 saturated heterocycles. The van der Waals surface area contributed by atoms with Crippen LogP contribution in [0, 0.1) is 5.41 Å². The quantitative estimate of drug-likeness (QED) is 0.854. The highest BCUT2D eigenvalue weighted by Crippen LogP contribution is 2.35. The lowest BCUT2D eigenvalue weighted by molar-refractivity contribution is -0.148. The van der Waals surface area contributed by atoms with Gasteiger partial charge in [0.05, 0.1) is 5.41 Å². The summed E-state index contributed by atoms with van der Waals surface area (Å²) in [6, 6.07) is 4.01. The zero-order valence-electron chi connectivity index (χ0n) is 11.5. The minimum atomic E-state index is -0.627. The van der Waals surface area contributed by atoms with E-state index >= 15 is 0 Å². The Hall–Kier alpha value is -1.42. The summed E-state index contributed by atoms with van der Waals surface area (Å²) in [5, 5.41) is 9.46. The summed E-state index contributed by atoms with van der Waals surface area (Å²) in [5.74, 6) is -0.627. The van der Waals surface area contributed by atoms with Crippen LogP contribution in [0.4, 0.5) is 0 Å². The second-order valence-electron chi connectivity index (χ2n) is 5.47. The van der Waals surface area contributed by atoms with Gasteiger partial charge in [-0.2, -0.15) is 0 Å². The molecule has 1 aromatic heterocycles. The molecule has 1 unspecified atom stereocenters. The molecule has 0 aliphatic carbocycles. The van der Waals surface area contributed by atoms with Gasteiger partial charge >= 0.3 is 5.97 Å². The summed E-state index contributed by atoms with van der Waals surface area (Å²) in [4.78, 5) is 17.9. The second kappa shape index (κ2) is 6.15. The Morgan fingerprint density at radius 2 is 2.42 bits per heavy atom. The first-order chi connectivity index (χ1) is 9.16. The second-order valence-corrected chi connectivity index (χ2v) is 5.47. The van der Waals surface area contributed by atoms with Crippen LogP contribution < -0.4 is 0 Å². The van der Waals surface area contributed by atoms with E-state index in [4.69, 9.17) is 0 Å². The predicted octanol–water partition coefficient (Wildman–Crippen LogP) is 2.20. The summed E-state index contributed by atoms with van der Waals surface area (Å²) < 4.78 is 0. The van der Waals surface area contributed by atoms with Gasteiger partial charge in [-0.15, -0.1) is 0 Å². The van der Waals surface area contributed by atoms with E-state index in [0.717, 1.165) is 38.8 Å². The molecule has 0 amide bonds. The molecule has 1 aromatic rings. The Morgan fingerprint density at radius 3 is 3.05 bits per heavy atom. The summed E-state index contributed by atoms with van der Waals surface area (Å²) >= 11 is 0. The molecular formula is C15H22N2O2. The Kier molecular flexibility index (Phi) is 4.53. The van der Waals surface area contributed by atoms with Crippen LogP contribution in [0.25, 0.3) is 0 Å². The minimum absolute atomic E-state index is 0.510. The Morgan fingerprint density at radius 1 is 1.58 bits per heavy atom. The summed E-state index contributed by atoms with van der Waals surface area (Å²) in [7, 11) is 0. The Labute approximate surface area is 114 Å². The largest absolute Gasteiger partial charge is 0.481 e. The molecule has 0 spiro atoms. The Bertz CT molecular complexity index is 421. The molecule has 4 heteroatoms. The summed E-state index contributed by atoms with van der Waals surface area (Å²) in [6.45, 7) is 4.57. The first-order valence-electron chi connectivity index (χ1n) is 7.01. The maximum Gasteiger partial charge on any atom is 0.310 e. The molecule has 19 heavy (non-hydrogen) atoms. The standard InChI is InChI=1S/C15H22N2O2/c1-2-6-15(14(18)19)7-10-17(12-15)9-5-13-4-3-8-16-11-13/h3-4,8,11H,2,5-7,9-10,12H2,1H3,(H,18,19). The van der Waals surface area contributed by atoms with E-state index in [1.807, 2.05) is 12.3 Å². The number of carboxylic acids is 1. The fourth-order valence-corrected chi connectivity index (χ4v) is 2.95. The van der Waals surface area contributed by atoms with Crippen LogP contribution in [-0.2, 0) is 11.2 Å². The van der Waals surface area contributed by atoms with Gasteiger partial charge in [0, 0.05) is 25.5 Å². The average molecular weight is 262 g/mol. The van der Waals surface area contributed by atoms with Gasteiger partial charge in [0.1, 0.15) is 0 Å². The number of hydrogen-bond donors (Lipinski definition) is 1. The zero-order chi connectivity index (χ0) is 13.7. The van der Waals surface area contributed by atoms with Gasteiger partial charge in [-0.05, 0) is 37.4 Å². The maximum atomic E-state index is 11.5. The highest BCUT2D eigenvalue weighted by atomic mass is 16.4. The number of aliphatic carboxylic acids is 1. The van der Waals surface area contributed by atoms with E-state index in [9.17, 15) is 9.90 Å². The number of pyridine rings is 1. The molecule has 0 aromatic carbocycles. The number of carbonyl (C=O) groups is 1.